The van der Waals surface area contributed by atoms with E-state index in [9.17, 15) is 0 Å². The molecule has 1 nitrogen and oxygen atoms in total. The molecule has 0 aromatic heterocycles. The number of nitrogens with two attached hydrogens (primary N) is 1. The first-order valence-electron chi connectivity index (χ1n) is 6.80. The maximum atomic E-state index is 5.80. The number of nitrogen functional groups attached to an aromatic ring is 1. The van der Waals surface area contributed by atoms with Crippen molar-refractivity contribution in [2.75, 3.05) is 5.73 Å². The minimum Gasteiger partial charge on any atom is -0.399 e. The fraction of sp³-hybridized carbons (Fsp3) is 0. The van der Waals surface area contributed by atoms with Crippen molar-refractivity contribution in [2.24, 2.45) is 0 Å². The van der Waals surface area contributed by atoms with E-state index < -0.39 is 0 Å². The van der Waals surface area contributed by atoms with E-state index in [4.69, 9.17) is 5.73 Å². The second-order valence-corrected chi connectivity index (χ2v) is 4.92. The second kappa shape index (κ2) is 5.66. The fourth-order valence-electron chi connectivity index (χ4n) is 2.56. The number of hydrogen-bond acceptors (Lipinski definition) is 1. The Morgan fingerprint density at radius 2 is 0.900 bits per heavy atom. The van der Waals surface area contributed by atoms with Gasteiger partial charge >= 0.3 is 0 Å². The lowest BCUT2D eigenvalue weighted by Gasteiger charge is -2.15. The summed E-state index contributed by atoms with van der Waals surface area (Å²) in [6.07, 6.45) is 0. The van der Waals surface area contributed by atoms with E-state index in [0.717, 1.165) is 5.69 Å². The van der Waals surface area contributed by atoms with E-state index in [2.05, 4.69) is 72.8 Å². The molecule has 0 unspecified atom stereocenters. The fourth-order valence-corrected chi connectivity index (χ4v) is 2.56. The Bertz CT molecular complexity index is 623. The van der Waals surface area contributed by atoms with E-state index in [0.29, 0.717) is 0 Å². The molecule has 0 fully saturated rings. The molecule has 0 atom stereocenters. The van der Waals surface area contributed by atoms with Gasteiger partial charge in [0.2, 0.25) is 6.71 Å². The van der Waals surface area contributed by atoms with Crippen LogP contribution in [-0.4, -0.2) is 6.71 Å². The van der Waals surface area contributed by atoms with Crippen molar-refractivity contribution in [1.82, 2.24) is 0 Å². The van der Waals surface area contributed by atoms with Crippen LogP contribution in [0.15, 0.2) is 84.9 Å². The van der Waals surface area contributed by atoms with Crippen LogP contribution in [0.25, 0.3) is 0 Å². The molecule has 96 valence electrons. The number of hydrogen-bond donors (Lipinski definition) is 1. The van der Waals surface area contributed by atoms with Crippen molar-refractivity contribution in [1.29, 1.82) is 0 Å². The van der Waals surface area contributed by atoms with Crippen molar-refractivity contribution < 1.29 is 0 Å². The topological polar surface area (TPSA) is 26.0 Å². The van der Waals surface area contributed by atoms with Gasteiger partial charge < -0.3 is 5.73 Å². The van der Waals surface area contributed by atoms with Crippen molar-refractivity contribution in [3.8, 4) is 0 Å². The van der Waals surface area contributed by atoms with Crippen LogP contribution in [0, 0.1) is 0 Å². The van der Waals surface area contributed by atoms with Gasteiger partial charge in [0, 0.05) is 5.69 Å². The molecule has 0 aliphatic rings. The Kier molecular flexibility index (Phi) is 3.55. The molecular formula is C18H16BN. The molecule has 0 heterocycles. The highest BCUT2D eigenvalue weighted by molar-refractivity contribution is 6.95. The van der Waals surface area contributed by atoms with Gasteiger partial charge in [0.25, 0.3) is 0 Å². The van der Waals surface area contributed by atoms with Crippen LogP contribution in [0.5, 0.6) is 0 Å². The summed E-state index contributed by atoms with van der Waals surface area (Å²) in [5.41, 5.74) is 10.5. The number of benzene rings is 3. The van der Waals surface area contributed by atoms with Crippen LogP contribution in [0.2, 0.25) is 0 Å². The first-order chi connectivity index (χ1) is 9.84. The molecule has 2 N–H and O–H groups in total. The molecule has 0 saturated heterocycles. The molecule has 0 bridgehead atoms. The second-order valence-electron chi connectivity index (χ2n) is 4.92. The third-order valence-corrected chi connectivity index (χ3v) is 3.54. The summed E-state index contributed by atoms with van der Waals surface area (Å²) < 4.78 is 0. The van der Waals surface area contributed by atoms with Gasteiger partial charge in [-0.05, 0) is 12.1 Å². The molecular weight excluding hydrogens is 241 g/mol. The first-order valence-corrected chi connectivity index (χ1v) is 6.80. The molecule has 20 heavy (non-hydrogen) atoms. The van der Waals surface area contributed by atoms with E-state index in [-0.39, 0.29) is 6.71 Å². The van der Waals surface area contributed by atoms with Crippen LogP contribution < -0.4 is 22.1 Å². The van der Waals surface area contributed by atoms with E-state index >= 15 is 0 Å². The molecule has 0 radical (unpaired) electrons. The lowest BCUT2D eigenvalue weighted by atomic mass is 9.37. The quantitative estimate of drug-likeness (QED) is 0.561. The molecule has 0 aliphatic carbocycles. The molecule has 0 spiro atoms. The van der Waals surface area contributed by atoms with Gasteiger partial charge in [0.1, 0.15) is 0 Å². The zero-order valence-corrected chi connectivity index (χ0v) is 11.2. The maximum Gasteiger partial charge on any atom is 0.241 e. The van der Waals surface area contributed by atoms with Crippen molar-refractivity contribution >= 4 is 28.8 Å². The van der Waals surface area contributed by atoms with E-state index in [1.807, 2.05) is 12.1 Å². The Morgan fingerprint density at radius 3 is 1.35 bits per heavy atom. The third kappa shape index (κ3) is 2.60. The van der Waals surface area contributed by atoms with Gasteiger partial charge in [0.15, 0.2) is 0 Å². The Labute approximate surface area is 120 Å². The summed E-state index contributed by atoms with van der Waals surface area (Å²) in [6, 6.07) is 29.3. The van der Waals surface area contributed by atoms with Gasteiger partial charge in [-0.3, -0.25) is 0 Å². The monoisotopic (exact) mass is 257 g/mol. The molecule has 3 rings (SSSR count). The predicted molar refractivity (Wildman–Crippen MR) is 88.4 cm³/mol. The highest BCUT2D eigenvalue weighted by atomic mass is 14.5. The van der Waals surface area contributed by atoms with Gasteiger partial charge in [0.05, 0.1) is 0 Å². The molecule has 3 aromatic carbocycles. The molecule has 3 aromatic rings. The Morgan fingerprint density at radius 1 is 0.500 bits per heavy atom. The molecule has 0 saturated carbocycles. The minimum atomic E-state index is 0.248. The lowest BCUT2D eigenvalue weighted by Crippen LogP contribution is -2.51. The average Bonchev–Trinajstić information content (AvgIpc) is 2.52. The van der Waals surface area contributed by atoms with Gasteiger partial charge in [-0.15, -0.1) is 0 Å². The largest absolute Gasteiger partial charge is 0.399 e. The van der Waals surface area contributed by atoms with Gasteiger partial charge in [-0.2, -0.15) is 0 Å². The Hall–Kier alpha value is -2.48. The summed E-state index contributed by atoms with van der Waals surface area (Å²) in [4.78, 5) is 0. The summed E-state index contributed by atoms with van der Waals surface area (Å²) >= 11 is 0. The zero-order chi connectivity index (χ0) is 13.8. The Balaban J connectivity index is 2.11. The third-order valence-electron chi connectivity index (χ3n) is 3.54. The molecule has 2 heteroatoms. The van der Waals surface area contributed by atoms with Gasteiger partial charge in [-0.25, -0.2) is 0 Å². The van der Waals surface area contributed by atoms with Crippen LogP contribution in [-0.2, 0) is 0 Å². The lowest BCUT2D eigenvalue weighted by molar-refractivity contribution is 1.70. The summed E-state index contributed by atoms with van der Waals surface area (Å²) in [6.45, 7) is 0.248. The number of anilines is 1. The smallest absolute Gasteiger partial charge is 0.241 e. The molecule has 0 amide bonds. The summed E-state index contributed by atoms with van der Waals surface area (Å²) in [5, 5.41) is 0. The zero-order valence-electron chi connectivity index (χ0n) is 11.2. The standard InChI is InChI=1S/C18H16BN/c20-18-13-11-17(12-14-18)19(15-7-3-1-4-8-15)16-9-5-2-6-10-16/h1-14H,20H2. The van der Waals surface area contributed by atoms with Crippen LogP contribution in [0.4, 0.5) is 5.69 Å². The minimum absolute atomic E-state index is 0.248. The predicted octanol–water partition coefficient (Wildman–Crippen LogP) is 1.78. The highest BCUT2D eigenvalue weighted by Crippen LogP contribution is 2.00. The normalized spacial score (nSPS) is 10.2. The van der Waals surface area contributed by atoms with Gasteiger partial charge in [-0.1, -0.05) is 89.2 Å². The van der Waals surface area contributed by atoms with E-state index in [1.54, 1.807) is 0 Å². The SMILES string of the molecule is Nc1ccc(B(c2ccccc2)c2ccccc2)cc1. The molecule has 0 aliphatic heterocycles. The van der Waals surface area contributed by atoms with Crippen molar-refractivity contribution in [3.05, 3.63) is 84.9 Å². The van der Waals surface area contributed by atoms with E-state index in [1.165, 1.54) is 16.4 Å². The average molecular weight is 257 g/mol. The van der Waals surface area contributed by atoms with Crippen LogP contribution >= 0.6 is 0 Å². The summed E-state index contributed by atoms with van der Waals surface area (Å²) in [7, 11) is 0. The maximum absolute atomic E-state index is 5.80. The van der Waals surface area contributed by atoms with Crippen LogP contribution in [0.1, 0.15) is 0 Å². The van der Waals surface area contributed by atoms with Crippen molar-refractivity contribution in [3.63, 3.8) is 0 Å². The van der Waals surface area contributed by atoms with Crippen molar-refractivity contribution in [2.45, 2.75) is 0 Å². The summed E-state index contributed by atoms with van der Waals surface area (Å²) in [5.74, 6) is 0. The highest BCUT2D eigenvalue weighted by Gasteiger charge is 2.20. The van der Waals surface area contributed by atoms with Crippen LogP contribution in [0.3, 0.4) is 0 Å². The number of rotatable bonds is 3. The first kappa shape index (κ1) is 12.6.